The fourth-order valence-corrected chi connectivity index (χ4v) is 3.82. The Hall–Kier alpha value is -0.650. The van der Waals surface area contributed by atoms with Crippen molar-refractivity contribution in [3.05, 3.63) is 34.6 Å². The fourth-order valence-electron chi connectivity index (χ4n) is 1.96. The number of benzene rings is 1. The van der Waals surface area contributed by atoms with Crippen molar-refractivity contribution in [2.24, 2.45) is 5.92 Å². The Morgan fingerprint density at radius 3 is 2.47 bits per heavy atom. The van der Waals surface area contributed by atoms with Crippen LogP contribution in [0.1, 0.15) is 38.3 Å². The highest BCUT2D eigenvalue weighted by atomic mass is 35.5. The zero-order valence-electron chi connectivity index (χ0n) is 10.9. The zero-order chi connectivity index (χ0) is 14.2. The molecule has 1 saturated carbocycles. The lowest BCUT2D eigenvalue weighted by molar-refractivity contribution is 0.444. The molecule has 1 fully saturated rings. The molecule has 1 atom stereocenters. The number of hydrogen-bond donors (Lipinski definition) is 1. The summed E-state index contributed by atoms with van der Waals surface area (Å²) in [6.45, 7) is 3.71. The van der Waals surface area contributed by atoms with E-state index in [1.54, 1.807) is 6.07 Å². The SMILES string of the molecule is CC(C)[C@H](NS(=O)(=O)C1CC1)c1ccc(Cl)cc1F. The van der Waals surface area contributed by atoms with Crippen molar-refractivity contribution >= 4 is 21.6 Å². The molecule has 0 bridgehead atoms. The summed E-state index contributed by atoms with van der Waals surface area (Å²) < 4.78 is 40.6. The molecule has 0 heterocycles. The van der Waals surface area contributed by atoms with Crippen LogP contribution in [0.2, 0.25) is 5.02 Å². The third-order valence-corrected chi connectivity index (χ3v) is 5.39. The molecule has 6 heteroatoms. The summed E-state index contributed by atoms with van der Waals surface area (Å²) in [5, 5.41) is -0.0158. The molecule has 2 rings (SSSR count). The molecule has 19 heavy (non-hydrogen) atoms. The molecule has 3 nitrogen and oxygen atoms in total. The van der Waals surface area contributed by atoms with Gasteiger partial charge in [0.25, 0.3) is 0 Å². The Morgan fingerprint density at radius 2 is 2.00 bits per heavy atom. The number of hydrogen-bond acceptors (Lipinski definition) is 2. The Bertz CT molecular complexity index is 570. The predicted molar refractivity (Wildman–Crippen MR) is 74.1 cm³/mol. The first-order chi connectivity index (χ1) is 8.81. The van der Waals surface area contributed by atoms with Crippen molar-refractivity contribution in [2.45, 2.75) is 38.0 Å². The van der Waals surface area contributed by atoms with E-state index in [4.69, 9.17) is 11.6 Å². The van der Waals surface area contributed by atoms with Crippen molar-refractivity contribution in [1.29, 1.82) is 0 Å². The standard InChI is InChI=1S/C13H17ClFNO2S/c1-8(2)13(16-19(17,18)10-4-5-10)11-6-3-9(14)7-12(11)15/h3,6-8,10,13,16H,4-5H2,1-2H3/t13-/m0/s1. The van der Waals surface area contributed by atoms with Gasteiger partial charge >= 0.3 is 0 Å². The Morgan fingerprint density at radius 1 is 1.37 bits per heavy atom. The van der Waals surface area contributed by atoms with Crippen LogP contribution in [0, 0.1) is 11.7 Å². The monoisotopic (exact) mass is 305 g/mol. The average Bonchev–Trinajstić information content (AvgIpc) is 3.10. The topological polar surface area (TPSA) is 46.2 Å². The fraction of sp³-hybridized carbons (Fsp3) is 0.538. The van der Waals surface area contributed by atoms with Gasteiger partial charge < -0.3 is 0 Å². The summed E-state index contributed by atoms with van der Waals surface area (Å²) in [5.41, 5.74) is 0.337. The van der Waals surface area contributed by atoms with Crippen molar-refractivity contribution in [1.82, 2.24) is 4.72 Å². The third kappa shape index (κ3) is 3.46. The van der Waals surface area contributed by atoms with E-state index in [2.05, 4.69) is 4.72 Å². The van der Waals surface area contributed by atoms with Gasteiger partial charge in [0.2, 0.25) is 10.0 Å². The molecule has 1 N–H and O–H groups in total. The maximum Gasteiger partial charge on any atom is 0.215 e. The molecule has 106 valence electrons. The second-order valence-electron chi connectivity index (χ2n) is 5.25. The summed E-state index contributed by atoms with van der Waals surface area (Å²) in [5.74, 6) is -0.533. The summed E-state index contributed by atoms with van der Waals surface area (Å²) >= 11 is 5.72. The maximum atomic E-state index is 13.9. The van der Waals surface area contributed by atoms with E-state index in [1.165, 1.54) is 12.1 Å². The van der Waals surface area contributed by atoms with Gasteiger partial charge in [0.05, 0.1) is 11.3 Å². The van der Waals surface area contributed by atoms with Crippen molar-refractivity contribution in [2.75, 3.05) is 0 Å². The van der Waals surface area contributed by atoms with Crippen molar-refractivity contribution in [3.8, 4) is 0 Å². The van der Waals surface area contributed by atoms with Crippen molar-refractivity contribution < 1.29 is 12.8 Å². The smallest absolute Gasteiger partial charge is 0.212 e. The maximum absolute atomic E-state index is 13.9. The molecule has 1 aliphatic carbocycles. The van der Waals surface area contributed by atoms with Gasteiger partial charge in [-0.15, -0.1) is 0 Å². The normalized spacial score (nSPS) is 17.7. The van der Waals surface area contributed by atoms with Crippen LogP contribution in [-0.2, 0) is 10.0 Å². The number of halogens is 2. The van der Waals surface area contributed by atoms with Gasteiger partial charge in [-0.25, -0.2) is 17.5 Å². The van der Waals surface area contributed by atoms with Gasteiger partial charge in [0, 0.05) is 10.6 Å². The van der Waals surface area contributed by atoms with E-state index in [1.807, 2.05) is 13.8 Å². The summed E-state index contributed by atoms with van der Waals surface area (Å²) in [6.07, 6.45) is 1.37. The van der Waals surface area contributed by atoms with Crippen LogP contribution in [0.3, 0.4) is 0 Å². The van der Waals surface area contributed by atoms with E-state index in [9.17, 15) is 12.8 Å². The second kappa shape index (κ2) is 5.38. The lowest BCUT2D eigenvalue weighted by Crippen LogP contribution is -2.34. The minimum Gasteiger partial charge on any atom is -0.212 e. The van der Waals surface area contributed by atoms with Gasteiger partial charge in [-0.05, 0) is 30.9 Å². The highest BCUT2D eigenvalue weighted by molar-refractivity contribution is 7.90. The second-order valence-corrected chi connectivity index (χ2v) is 7.68. The van der Waals surface area contributed by atoms with Gasteiger partial charge in [0.15, 0.2) is 0 Å². The van der Waals surface area contributed by atoms with Crippen molar-refractivity contribution in [3.63, 3.8) is 0 Å². The highest BCUT2D eigenvalue weighted by Crippen LogP contribution is 2.32. The molecule has 0 aliphatic heterocycles. The van der Waals surface area contributed by atoms with Crippen LogP contribution in [0.15, 0.2) is 18.2 Å². The Labute approximate surface area is 118 Å². The summed E-state index contributed by atoms with van der Waals surface area (Å²) in [7, 11) is -3.36. The molecule has 0 unspecified atom stereocenters. The van der Waals surface area contributed by atoms with Gasteiger partial charge in [0.1, 0.15) is 5.82 Å². The molecular formula is C13H17ClFNO2S. The van der Waals surface area contributed by atoms with Gasteiger partial charge in [-0.3, -0.25) is 0 Å². The molecule has 0 aromatic heterocycles. The van der Waals surface area contributed by atoms with E-state index >= 15 is 0 Å². The largest absolute Gasteiger partial charge is 0.215 e. The third-order valence-electron chi connectivity index (χ3n) is 3.22. The number of nitrogens with one attached hydrogen (secondary N) is 1. The summed E-state index contributed by atoms with van der Waals surface area (Å²) in [6, 6.07) is 3.75. The molecule has 1 aromatic rings. The van der Waals surface area contributed by atoms with E-state index in [0.29, 0.717) is 23.4 Å². The molecule has 1 aliphatic rings. The Kier molecular flexibility index (Phi) is 4.18. The number of sulfonamides is 1. The van der Waals surface area contributed by atoms with Crippen LogP contribution in [-0.4, -0.2) is 13.7 Å². The van der Waals surface area contributed by atoms with Crippen LogP contribution in [0.5, 0.6) is 0 Å². The molecule has 1 aromatic carbocycles. The average molecular weight is 306 g/mol. The molecule has 0 spiro atoms. The van der Waals surface area contributed by atoms with E-state index in [0.717, 1.165) is 0 Å². The first-order valence-corrected chi connectivity index (χ1v) is 8.20. The van der Waals surface area contributed by atoms with Crippen LogP contribution >= 0.6 is 11.6 Å². The predicted octanol–water partition coefficient (Wildman–Crippen LogP) is 3.26. The molecule has 0 amide bonds. The van der Waals surface area contributed by atoms with E-state index in [-0.39, 0.29) is 11.2 Å². The van der Waals surface area contributed by atoms with Gasteiger partial charge in [-0.1, -0.05) is 31.5 Å². The molecular weight excluding hydrogens is 289 g/mol. The van der Waals surface area contributed by atoms with E-state index < -0.39 is 21.9 Å². The highest BCUT2D eigenvalue weighted by Gasteiger charge is 2.38. The minimum absolute atomic E-state index is 0.0517. The molecule has 0 radical (unpaired) electrons. The van der Waals surface area contributed by atoms with Gasteiger partial charge in [-0.2, -0.15) is 0 Å². The quantitative estimate of drug-likeness (QED) is 0.907. The first-order valence-electron chi connectivity index (χ1n) is 6.27. The minimum atomic E-state index is -3.36. The summed E-state index contributed by atoms with van der Waals surface area (Å²) in [4.78, 5) is 0. The van der Waals surface area contributed by atoms with Crippen LogP contribution in [0.4, 0.5) is 4.39 Å². The first kappa shape index (κ1) is 14.8. The molecule has 0 saturated heterocycles. The van der Waals surface area contributed by atoms with Crippen LogP contribution in [0.25, 0.3) is 0 Å². The Balaban J connectivity index is 2.29. The lowest BCUT2D eigenvalue weighted by Gasteiger charge is -2.23. The zero-order valence-corrected chi connectivity index (χ0v) is 12.4. The lowest BCUT2D eigenvalue weighted by atomic mass is 9.97. The number of rotatable bonds is 5. The van der Waals surface area contributed by atoms with Crippen LogP contribution < -0.4 is 4.72 Å².